The highest BCUT2D eigenvalue weighted by Gasteiger charge is 2.40. The fourth-order valence-electron chi connectivity index (χ4n) is 1.99. The van der Waals surface area contributed by atoms with Crippen molar-refractivity contribution in [2.45, 2.75) is 19.3 Å². The molecular weight excluding hydrogens is 210 g/mol. The van der Waals surface area contributed by atoms with E-state index < -0.39 is 0 Å². The van der Waals surface area contributed by atoms with Gasteiger partial charge in [0.1, 0.15) is 0 Å². The van der Waals surface area contributed by atoms with Gasteiger partial charge in [-0.3, -0.25) is 0 Å². The van der Waals surface area contributed by atoms with Gasteiger partial charge >= 0.3 is 0 Å². The van der Waals surface area contributed by atoms with E-state index in [2.05, 4.69) is 17.2 Å². The predicted molar refractivity (Wildman–Crippen MR) is 69.6 cm³/mol. The Morgan fingerprint density at radius 1 is 1.24 bits per heavy atom. The SMILES string of the molecule is OCCC1(CNCC#Cc2ccccc2)CC1. The van der Waals surface area contributed by atoms with Crippen molar-refractivity contribution in [3.63, 3.8) is 0 Å². The molecule has 0 radical (unpaired) electrons. The molecule has 2 heteroatoms. The Morgan fingerprint density at radius 3 is 2.65 bits per heavy atom. The largest absolute Gasteiger partial charge is 0.396 e. The van der Waals surface area contributed by atoms with Crippen molar-refractivity contribution in [3.8, 4) is 11.8 Å². The zero-order valence-corrected chi connectivity index (χ0v) is 10.1. The van der Waals surface area contributed by atoms with E-state index >= 15 is 0 Å². The van der Waals surface area contributed by atoms with Crippen LogP contribution in [-0.4, -0.2) is 24.8 Å². The lowest BCUT2D eigenvalue weighted by atomic mass is 10.0. The summed E-state index contributed by atoms with van der Waals surface area (Å²) in [5, 5.41) is 12.3. The van der Waals surface area contributed by atoms with Crippen LogP contribution < -0.4 is 5.32 Å². The highest BCUT2D eigenvalue weighted by molar-refractivity contribution is 5.33. The van der Waals surface area contributed by atoms with Crippen LogP contribution in [0.3, 0.4) is 0 Å². The quantitative estimate of drug-likeness (QED) is 0.596. The maximum Gasteiger partial charge on any atom is 0.0580 e. The van der Waals surface area contributed by atoms with Crippen molar-refractivity contribution < 1.29 is 5.11 Å². The first-order valence-electron chi connectivity index (χ1n) is 6.20. The van der Waals surface area contributed by atoms with Crippen molar-refractivity contribution in [2.75, 3.05) is 19.7 Å². The summed E-state index contributed by atoms with van der Waals surface area (Å²) in [6.45, 7) is 2.01. The number of hydrogen-bond donors (Lipinski definition) is 2. The number of hydrogen-bond acceptors (Lipinski definition) is 2. The second-order valence-corrected chi connectivity index (χ2v) is 4.74. The van der Waals surface area contributed by atoms with E-state index in [1.165, 1.54) is 12.8 Å². The maximum absolute atomic E-state index is 8.94. The number of rotatable bonds is 5. The lowest BCUT2D eigenvalue weighted by Gasteiger charge is -2.12. The van der Waals surface area contributed by atoms with Crippen LogP contribution in [0.1, 0.15) is 24.8 Å². The normalized spacial score (nSPS) is 16.1. The maximum atomic E-state index is 8.94. The number of nitrogens with one attached hydrogen (secondary N) is 1. The summed E-state index contributed by atoms with van der Waals surface area (Å²) in [5.41, 5.74) is 1.44. The van der Waals surface area contributed by atoms with Gasteiger partial charge in [0.05, 0.1) is 6.54 Å². The van der Waals surface area contributed by atoms with Crippen LogP contribution in [0.25, 0.3) is 0 Å². The molecule has 0 amide bonds. The first kappa shape index (κ1) is 12.2. The van der Waals surface area contributed by atoms with Crippen LogP contribution in [0.4, 0.5) is 0 Å². The van der Waals surface area contributed by atoms with Gasteiger partial charge in [0.15, 0.2) is 0 Å². The number of benzene rings is 1. The molecule has 0 spiro atoms. The smallest absolute Gasteiger partial charge is 0.0580 e. The molecule has 0 aliphatic heterocycles. The van der Waals surface area contributed by atoms with Gasteiger partial charge in [-0.15, -0.1) is 0 Å². The average Bonchev–Trinajstić information content (AvgIpc) is 3.11. The first-order valence-corrected chi connectivity index (χ1v) is 6.20. The summed E-state index contributed by atoms with van der Waals surface area (Å²) in [6.07, 6.45) is 3.41. The van der Waals surface area contributed by atoms with E-state index in [4.69, 9.17) is 5.11 Å². The van der Waals surface area contributed by atoms with Gasteiger partial charge in [0, 0.05) is 18.7 Å². The number of aliphatic hydroxyl groups excluding tert-OH is 1. The highest BCUT2D eigenvalue weighted by atomic mass is 16.3. The standard InChI is InChI=1S/C15H19NO/c17-12-10-15(8-9-15)13-16-11-4-7-14-5-2-1-3-6-14/h1-3,5-6,16-17H,8-13H2. The molecule has 2 rings (SSSR count). The molecule has 0 saturated heterocycles. The second kappa shape index (κ2) is 5.86. The Hall–Kier alpha value is -1.30. The molecular formula is C15H19NO. The van der Waals surface area contributed by atoms with Crippen LogP contribution in [-0.2, 0) is 0 Å². The summed E-state index contributed by atoms with van der Waals surface area (Å²) < 4.78 is 0. The average molecular weight is 229 g/mol. The molecule has 0 unspecified atom stereocenters. The summed E-state index contributed by atoms with van der Waals surface area (Å²) in [4.78, 5) is 0. The van der Waals surface area contributed by atoms with E-state index in [0.717, 1.165) is 25.1 Å². The molecule has 1 aromatic carbocycles. The van der Waals surface area contributed by atoms with E-state index in [1.807, 2.05) is 30.3 Å². The molecule has 1 fully saturated rings. The Morgan fingerprint density at radius 2 is 2.00 bits per heavy atom. The van der Waals surface area contributed by atoms with Crippen LogP contribution >= 0.6 is 0 Å². The van der Waals surface area contributed by atoms with E-state index in [1.54, 1.807) is 0 Å². The minimum atomic E-state index is 0.303. The van der Waals surface area contributed by atoms with E-state index in [0.29, 0.717) is 12.0 Å². The van der Waals surface area contributed by atoms with Crippen molar-refractivity contribution in [1.29, 1.82) is 0 Å². The fraction of sp³-hybridized carbons (Fsp3) is 0.467. The third-order valence-corrected chi connectivity index (χ3v) is 3.32. The Kier molecular flexibility index (Phi) is 4.19. The molecule has 2 N–H and O–H groups in total. The van der Waals surface area contributed by atoms with Gasteiger partial charge in [-0.1, -0.05) is 30.0 Å². The van der Waals surface area contributed by atoms with Crippen LogP contribution in [0.15, 0.2) is 30.3 Å². The van der Waals surface area contributed by atoms with Crippen LogP contribution in [0.5, 0.6) is 0 Å². The molecule has 0 atom stereocenters. The molecule has 2 nitrogen and oxygen atoms in total. The topological polar surface area (TPSA) is 32.3 Å². The number of aliphatic hydroxyl groups is 1. The molecule has 0 bridgehead atoms. The van der Waals surface area contributed by atoms with Gasteiger partial charge < -0.3 is 10.4 Å². The molecule has 1 aromatic rings. The van der Waals surface area contributed by atoms with Gasteiger partial charge in [-0.25, -0.2) is 0 Å². The Balaban J connectivity index is 1.69. The Labute approximate surface area is 103 Å². The van der Waals surface area contributed by atoms with E-state index in [-0.39, 0.29) is 0 Å². The van der Waals surface area contributed by atoms with Gasteiger partial charge in [0.2, 0.25) is 0 Å². The van der Waals surface area contributed by atoms with Gasteiger partial charge in [-0.2, -0.15) is 0 Å². The van der Waals surface area contributed by atoms with Crippen molar-refractivity contribution >= 4 is 0 Å². The molecule has 1 aliphatic carbocycles. The molecule has 0 aromatic heterocycles. The molecule has 1 saturated carbocycles. The zero-order valence-electron chi connectivity index (χ0n) is 10.1. The monoisotopic (exact) mass is 229 g/mol. The van der Waals surface area contributed by atoms with Crippen molar-refractivity contribution in [1.82, 2.24) is 5.32 Å². The van der Waals surface area contributed by atoms with Crippen molar-refractivity contribution in [3.05, 3.63) is 35.9 Å². The summed E-state index contributed by atoms with van der Waals surface area (Å²) in [6, 6.07) is 10.0. The lowest BCUT2D eigenvalue weighted by Crippen LogP contribution is -2.25. The molecule has 1 aliphatic rings. The molecule has 90 valence electrons. The summed E-state index contributed by atoms with van der Waals surface area (Å²) in [5.74, 6) is 6.24. The summed E-state index contributed by atoms with van der Waals surface area (Å²) in [7, 11) is 0. The Bertz CT molecular complexity index is 398. The molecule has 17 heavy (non-hydrogen) atoms. The minimum absolute atomic E-state index is 0.303. The van der Waals surface area contributed by atoms with Gasteiger partial charge in [0.25, 0.3) is 0 Å². The zero-order chi connectivity index (χ0) is 12.0. The van der Waals surface area contributed by atoms with Crippen molar-refractivity contribution in [2.24, 2.45) is 5.41 Å². The second-order valence-electron chi connectivity index (χ2n) is 4.74. The third kappa shape index (κ3) is 3.89. The third-order valence-electron chi connectivity index (χ3n) is 3.32. The first-order chi connectivity index (χ1) is 8.35. The lowest BCUT2D eigenvalue weighted by molar-refractivity contribution is 0.246. The van der Waals surface area contributed by atoms with Crippen LogP contribution in [0.2, 0.25) is 0 Å². The van der Waals surface area contributed by atoms with Crippen LogP contribution in [0, 0.1) is 17.3 Å². The van der Waals surface area contributed by atoms with E-state index in [9.17, 15) is 0 Å². The molecule has 0 heterocycles. The predicted octanol–water partition coefficient (Wildman–Crippen LogP) is 1.79. The highest BCUT2D eigenvalue weighted by Crippen LogP contribution is 2.47. The minimum Gasteiger partial charge on any atom is -0.396 e. The summed E-state index contributed by atoms with van der Waals surface area (Å²) >= 11 is 0. The fourth-order valence-corrected chi connectivity index (χ4v) is 1.99. The van der Waals surface area contributed by atoms with Gasteiger partial charge in [-0.05, 0) is 36.8 Å².